The van der Waals surface area contributed by atoms with Crippen LogP contribution < -0.4 is 4.74 Å². The van der Waals surface area contributed by atoms with E-state index in [0.717, 1.165) is 47.3 Å². The number of halogens is 3. The fourth-order valence-electron chi connectivity index (χ4n) is 7.48. The van der Waals surface area contributed by atoms with Gasteiger partial charge in [0.25, 0.3) is 0 Å². The van der Waals surface area contributed by atoms with E-state index in [9.17, 15) is 18.0 Å². The first-order valence-corrected chi connectivity index (χ1v) is 13.1. The highest BCUT2D eigenvalue weighted by Gasteiger charge is 2.52. The first-order valence-electron chi connectivity index (χ1n) is 13.1. The molecule has 0 aliphatic heterocycles. The molecule has 4 saturated carbocycles. The molecule has 6 rings (SSSR count). The SMILES string of the molecule is COc1cc(CC/C=C(/C=C/C(=O)O)c2cccc(C(F)(F)F)c2)ccc1C12CC3CC(CC(C3)C1)C2. The predicted octanol–water partition coefficient (Wildman–Crippen LogP) is 7.84. The molecule has 0 unspecified atom stereocenters. The lowest BCUT2D eigenvalue weighted by molar-refractivity contribution is -0.137. The summed E-state index contributed by atoms with van der Waals surface area (Å²) in [5.41, 5.74) is 2.68. The molecule has 1 N–H and O–H groups in total. The molecule has 0 saturated heterocycles. The van der Waals surface area contributed by atoms with Gasteiger partial charge in [0.1, 0.15) is 5.75 Å². The maximum Gasteiger partial charge on any atom is 0.416 e. The molecule has 37 heavy (non-hydrogen) atoms. The van der Waals surface area contributed by atoms with E-state index in [2.05, 4.69) is 18.2 Å². The monoisotopic (exact) mass is 510 g/mol. The molecule has 4 bridgehead atoms. The zero-order chi connectivity index (χ0) is 26.2. The second-order valence-corrected chi connectivity index (χ2v) is 11.2. The van der Waals surface area contributed by atoms with E-state index in [1.807, 2.05) is 0 Å². The molecular weight excluding hydrogens is 477 g/mol. The number of alkyl halides is 3. The van der Waals surface area contributed by atoms with Crippen molar-refractivity contribution < 1.29 is 27.8 Å². The van der Waals surface area contributed by atoms with E-state index in [1.54, 1.807) is 19.3 Å². The van der Waals surface area contributed by atoms with Crippen LogP contribution in [0.25, 0.3) is 5.57 Å². The molecule has 196 valence electrons. The average molecular weight is 511 g/mol. The normalized spacial score (nSPS) is 27.1. The maximum absolute atomic E-state index is 13.2. The van der Waals surface area contributed by atoms with Crippen LogP contribution in [0, 0.1) is 17.8 Å². The predicted molar refractivity (Wildman–Crippen MR) is 137 cm³/mol. The summed E-state index contributed by atoms with van der Waals surface area (Å²) in [7, 11) is 1.73. The number of aryl methyl sites for hydroxylation is 1. The van der Waals surface area contributed by atoms with Crippen molar-refractivity contribution in [2.45, 2.75) is 63.0 Å². The molecule has 0 amide bonds. The first kappa shape index (κ1) is 25.6. The topological polar surface area (TPSA) is 46.5 Å². The van der Waals surface area contributed by atoms with E-state index in [1.165, 1.54) is 56.2 Å². The van der Waals surface area contributed by atoms with Crippen molar-refractivity contribution >= 4 is 11.5 Å². The largest absolute Gasteiger partial charge is 0.496 e. The molecule has 0 heterocycles. The number of allylic oxidation sites excluding steroid dienone is 3. The van der Waals surface area contributed by atoms with Crippen molar-refractivity contribution in [3.05, 3.63) is 82.9 Å². The third-order valence-corrected chi connectivity index (χ3v) is 8.60. The number of rotatable bonds is 8. The zero-order valence-corrected chi connectivity index (χ0v) is 21.1. The van der Waals surface area contributed by atoms with Crippen LogP contribution in [0.1, 0.15) is 67.2 Å². The Bertz CT molecular complexity index is 1190. The summed E-state index contributed by atoms with van der Waals surface area (Å²) in [6.07, 6.45) is 8.79. The lowest BCUT2D eigenvalue weighted by Crippen LogP contribution is -2.48. The summed E-state index contributed by atoms with van der Waals surface area (Å²) in [5.74, 6) is 2.31. The Balaban J connectivity index is 1.36. The Hall–Kier alpha value is -3.02. The standard InChI is InChI=1S/C31H33F3O3/c1-37-28-15-20(8-10-27(28)30-17-21-12-22(18-30)14-23(13-21)19-30)4-2-5-24(9-11-29(35)36)25-6-3-7-26(16-25)31(32,33)34/h3,5-11,15-16,21-23H,2,4,12-14,17-19H2,1H3,(H,35,36)/b11-9+,24-5-. The van der Waals surface area contributed by atoms with Gasteiger partial charge in [0.05, 0.1) is 12.7 Å². The van der Waals surface area contributed by atoms with Crippen LogP contribution in [0.4, 0.5) is 13.2 Å². The van der Waals surface area contributed by atoms with Crippen LogP contribution in [0.15, 0.2) is 60.7 Å². The van der Waals surface area contributed by atoms with Gasteiger partial charge in [-0.1, -0.05) is 30.3 Å². The number of aliphatic carboxylic acids is 1. The lowest BCUT2D eigenvalue weighted by atomic mass is 9.48. The van der Waals surface area contributed by atoms with Gasteiger partial charge in [0, 0.05) is 11.6 Å². The summed E-state index contributed by atoms with van der Waals surface area (Å²) < 4.78 is 45.5. The van der Waals surface area contributed by atoms with E-state index in [0.29, 0.717) is 24.0 Å². The quantitative estimate of drug-likeness (QED) is 0.291. The number of hydrogen-bond donors (Lipinski definition) is 1. The van der Waals surface area contributed by atoms with Crippen molar-refractivity contribution in [1.82, 2.24) is 0 Å². The minimum Gasteiger partial charge on any atom is -0.496 e. The molecule has 0 spiro atoms. The lowest BCUT2D eigenvalue weighted by Gasteiger charge is -2.57. The van der Waals surface area contributed by atoms with Gasteiger partial charge in [-0.25, -0.2) is 4.79 Å². The Kier molecular flexibility index (Phi) is 6.95. The van der Waals surface area contributed by atoms with Crippen LogP contribution in [-0.4, -0.2) is 18.2 Å². The molecule has 0 atom stereocenters. The number of carbonyl (C=O) groups is 1. The fraction of sp³-hybridized carbons (Fsp3) is 0.452. The number of benzene rings is 2. The number of hydrogen-bond acceptors (Lipinski definition) is 2. The number of methoxy groups -OCH3 is 1. The van der Waals surface area contributed by atoms with Crippen molar-refractivity contribution in [3.63, 3.8) is 0 Å². The van der Waals surface area contributed by atoms with Gasteiger partial charge in [0.2, 0.25) is 0 Å². The van der Waals surface area contributed by atoms with Crippen LogP contribution in [-0.2, 0) is 22.8 Å². The zero-order valence-electron chi connectivity index (χ0n) is 21.1. The summed E-state index contributed by atoms with van der Waals surface area (Å²) in [5, 5.41) is 9.06. The Morgan fingerprint density at radius 3 is 2.30 bits per heavy atom. The fourth-order valence-corrected chi connectivity index (χ4v) is 7.48. The second-order valence-electron chi connectivity index (χ2n) is 11.2. The van der Waals surface area contributed by atoms with Gasteiger partial charge < -0.3 is 9.84 Å². The highest BCUT2D eigenvalue weighted by Crippen LogP contribution is 2.61. The minimum atomic E-state index is -4.47. The number of ether oxygens (including phenoxy) is 1. The van der Waals surface area contributed by atoms with Crippen LogP contribution in [0.3, 0.4) is 0 Å². The van der Waals surface area contributed by atoms with Gasteiger partial charge in [0.15, 0.2) is 0 Å². The van der Waals surface area contributed by atoms with Gasteiger partial charge in [-0.05, 0) is 116 Å². The van der Waals surface area contributed by atoms with Crippen molar-refractivity contribution in [1.29, 1.82) is 0 Å². The highest BCUT2D eigenvalue weighted by atomic mass is 19.4. The Morgan fingerprint density at radius 1 is 1.03 bits per heavy atom. The van der Waals surface area contributed by atoms with E-state index in [-0.39, 0.29) is 5.41 Å². The highest BCUT2D eigenvalue weighted by molar-refractivity contribution is 5.85. The van der Waals surface area contributed by atoms with Crippen molar-refractivity contribution in [2.24, 2.45) is 17.8 Å². The van der Waals surface area contributed by atoms with Gasteiger partial charge in [-0.2, -0.15) is 13.2 Å². The molecule has 6 heteroatoms. The van der Waals surface area contributed by atoms with Crippen LogP contribution >= 0.6 is 0 Å². The average Bonchev–Trinajstić information content (AvgIpc) is 2.84. The van der Waals surface area contributed by atoms with Gasteiger partial charge in [-0.3, -0.25) is 0 Å². The summed E-state index contributed by atoms with van der Waals surface area (Å²) in [6.45, 7) is 0. The van der Waals surface area contributed by atoms with E-state index >= 15 is 0 Å². The number of carboxylic acids is 1. The smallest absolute Gasteiger partial charge is 0.416 e. The summed E-state index contributed by atoms with van der Waals surface area (Å²) >= 11 is 0. The van der Waals surface area contributed by atoms with E-state index in [4.69, 9.17) is 9.84 Å². The van der Waals surface area contributed by atoms with Gasteiger partial charge >= 0.3 is 12.1 Å². The van der Waals surface area contributed by atoms with E-state index < -0.39 is 17.7 Å². The van der Waals surface area contributed by atoms with Crippen LogP contribution in [0.2, 0.25) is 0 Å². The minimum absolute atomic E-state index is 0.233. The maximum atomic E-state index is 13.2. The van der Waals surface area contributed by atoms with Crippen molar-refractivity contribution in [2.75, 3.05) is 7.11 Å². The molecule has 3 nitrogen and oxygen atoms in total. The number of carboxylic acid groups (broad SMARTS) is 1. The molecule has 0 aromatic heterocycles. The Labute approximate surface area is 216 Å². The third kappa shape index (κ3) is 5.48. The second kappa shape index (κ2) is 10.0. The van der Waals surface area contributed by atoms with Gasteiger partial charge in [-0.15, -0.1) is 0 Å². The Morgan fingerprint density at radius 2 is 1.70 bits per heavy atom. The first-order chi connectivity index (χ1) is 17.6. The molecule has 4 fully saturated rings. The summed E-state index contributed by atoms with van der Waals surface area (Å²) in [4.78, 5) is 11.1. The summed E-state index contributed by atoms with van der Waals surface area (Å²) in [6, 6.07) is 11.5. The molecular formula is C31H33F3O3. The third-order valence-electron chi connectivity index (χ3n) is 8.60. The van der Waals surface area contributed by atoms with Crippen LogP contribution in [0.5, 0.6) is 5.75 Å². The van der Waals surface area contributed by atoms with Crippen molar-refractivity contribution in [3.8, 4) is 5.75 Å². The molecule has 4 aliphatic rings. The molecule has 0 radical (unpaired) electrons. The molecule has 2 aromatic rings. The molecule has 2 aromatic carbocycles. The molecule has 4 aliphatic carbocycles.